The average molecular weight is 367 g/mol. The zero-order chi connectivity index (χ0) is 18.9. The number of rotatable bonds is 4. The summed E-state index contributed by atoms with van der Waals surface area (Å²) in [6, 6.07) is 13.5. The number of hydrogen-bond acceptors (Lipinski definition) is 4. The lowest BCUT2D eigenvalue weighted by Crippen LogP contribution is -2.42. The molecule has 1 amide bonds. The summed E-state index contributed by atoms with van der Waals surface area (Å²) in [7, 11) is 1.50. The van der Waals surface area contributed by atoms with E-state index >= 15 is 0 Å². The van der Waals surface area contributed by atoms with Gasteiger partial charge in [0.15, 0.2) is 11.5 Å². The standard InChI is InChI=1S/C22H25NO4/c1-26-19-12-15(6-7-18(19)24)13-20(25)23-21-17-5-3-2-4-16(17)14-22(21)8-10-27-11-9-22/h2-7,12,21,24H,8-11,13-14H2,1H3,(H,23,25)/t21-/m1/s1. The number of carbonyl (C=O) groups is 1. The van der Waals surface area contributed by atoms with Crippen LogP contribution in [0.2, 0.25) is 0 Å². The molecule has 4 rings (SSSR count). The molecular formula is C22H25NO4. The largest absolute Gasteiger partial charge is 0.504 e. The molecule has 5 nitrogen and oxygen atoms in total. The van der Waals surface area contributed by atoms with E-state index in [0.29, 0.717) is 5.75 Å². The summed E-state index contributed by atoms with van der Waals surface area (Å²) in [6.45, 7) is 1.49. The van der Waals surface area contributed by atoms with Crippen molar-refractivity contribution < 1.29 is 19.4 Å². The van der Waals surface area contributed by atoms with E-state index in [0.717, 1.165) is 38.0 Å². The first kappa shape index (κ1) is 17.9. The molecule has 0 aromatic heterocycles. The summed E-state index contributed by atoms with van der Waals surface area (Å²) in [5.41, 5.74) is 3.42. The highest BCUT2D eigenvalue weighted by molar-refractivity contribution is 5.79. The normalized spacial score (nSPS) is 20.3. The molecule has 1 saturated heterocycles. The average Bonchev–Trinajstić information content (AvgIpc) is 2.96. The molecule has 27 heavy (non-hydrogen) atoms. The fraction of sp³-hybridized carbons (Fsp3) is 0.409. The van der Waals surface area contributed by atoms with E-state index in [4.69, 9.17) is 9.47 Å². The van der Waals surface area contributed by atoms with Gasteiger partial charge in [-0.1, -0.05) is 30.3 Å². The number of fused-ring (bicyclic) bond motifs is 1. The molecule has 0 unspecified atom stereocenters. The number of ether oxygens (including phenoxy) is 2. The molecule has 142 valence electrons. The van der Waals surface area contributed by atoms with Crippen molar-refractivity contribution in [2.75, 3.05) is 20.3 Å². The smallest absolute Gasteiger partial charge is 0.224 e. The van der Waals surface area contributed by atoms with Gasteiger partial charge in [-0.25, -0.2) is 0 Å². The van der Waals surface area contributed by atoms with E-state index in [1.54, 1.807) is 18.2 Å². The quantitative estimate of drug-likeness (QED) is 0.871. The van der Waals surface area contributed by atoms with Crippen molar-refractivity contribution in [1.82, 2.24) is 5.32 Å². The highest BCUT2D eigenvalue weighted by atomic mass is 16.5. The van der Waals surface area contributed by atoms with E-state index in [2.05, 4.69) is 23.5 Å². The van der Waals surface area contributed by atoms with Gasteiger partial charge in [-0.15, -0.1) is 0 Å². The Bertz CT molecular complexity index is 842. The van der Waals surface area contributed by atoms with E-state index in [1.807, 2.05) is 6.07 Å². The molecule has 2 aliphatic rings. The van der Waals surface area contributed by atoms with Crippen LogP contribution in [0.4, 0.5) is 0 Å². The van der Waals surface area contributed by atoms with Crippen LogP contribution in [0, 0.1) is 5.41 Å². The number of hydrogen-bond donors (Lipinski definition) is 2. The zero-order valence-corrected chi connectivity index (χ0v) is 15.5. The molecule has 1 atom stereocenters. The topological polar surface area (TPSA) is 67.8 Å². The van der Waals surface area contributed by atoms with Gasteiger partial charge in [0.05, 0.1) is 19.6 Å². The Morgan fingerprint density at radius 2 is 2.04 bits per heavy atom. The number of amides is 1. The van der Waals surface area contributed by atoms with Crippen LogP contribution in [-0.4, -0.2) is 31.3 Å². The summed E-state index contributed by atoms with van der Waals surface area (Å²) >= 11 is 0. The van der Waals surface area contributed by atoms with Gasteiger partial charge < -0.3 is 19.9 Å². The second-order valence-electron chi connectivity index (χ2n) is 7.53. The lowest BCUT2D eigenvalue weighted by Gasteiger charge is -2.39. The van der Waals surface area contributed by atoms with E-state index in [9.17, 15) is 9.90 Å². The second-order valence-corrected chi connectivity index (χ2v) is 7.53. The first-order chi connectivity index (χ1) is 13.1. The van der Waals surface area contributed by atoms with Gasteiger partial charge in [-0.2, -0.15) is 0 Å². The van der Waals surface area contributed by atoms with Crippen molar-refractivity contribution in [1.29, 1.82) is 0 Å². The molecule has 2 aromatic carbocycles. The third-order valence-electron chi connectivity index (χ3n) is 5.92. The van der Waals surface area contributed by atoms with Crippen LogP contribution in [-0.2, 0) is 22.4 Å². The predicted octanol–water partition coefficient (Wildman–Crippen LogP) is 3.15. The molecule has 0 bridgehead atoms. The van der Waals surface area contributed by atoms with Gasteiger partial charge in [-0.05, 0) is 48.1 Å². The third-order valence-corrected chi connectivity index (χ3v) is 5.92. The summed E-state index contributed by atoms with van der Waals surface area (Å²) in [4.78, 5) is 12.8. The lowest BCUT2D eigenvalue weighted by molar-refractivity contribution is -0.122. The minimum atomic E-state index is -0.0182. The van der Waals surface area contributed by atoms with Crippen LogP contribution in [0.25, 0.3) is 0 Å². The van der Waals surface area contributed by atoms with Crippen molar-refractivity contribution in [3.63, 3.8) is 0 Å². The molecule has 1 aliphatic carbocycles. The van der Waals surface area contributed by atoms with E-state index in [1.165, 1.54) is 18.2 Å². The fourth-order valence-electron chi connectivity index (χ4n) is 4.49. The maximum atomic E-state index is 12.8. The van der Waals surface area contributed by atoms with Crippen LogP contribution in [0.5, 0.6) is 11.5 Å². The van der Waals surface area contributed by atoms with Gasteiger partial charge in [-0.3, -0.25) is 4.79 Å². The molecule has 1 spiro atoms. The van der Waals surface area contributed by atoms with Gasteiger partial charge in [0.2, 0.25) is 5.91 Å². The van der Waals surface area contributed by atoms with E-state index < -0.39 is 0 Å². The Kier molecular flexibility index (Phi) is 4.79. The maximum absolute atomic E-state index is 12.8. The molecule has 2 aromatic rings. The van der Waals surface area contributed by atoms with Crippen molar-refractivity contribution in [2.24, 2.45) is 5.41 Å². The van der Waals surface area contributed by atoms with E-state index in [-0.39, 0.29) is 29.5 Å². The Hall–Kier alpha value is -2.53. The van der Waals surface area contributed by atoms with Crippen LogP contribution < -0.4 is 10.1 Å². The maximum Gasteiger partial charge on any atom is 0.224 e. The highest BCUT2D eigenvalue weighted by Gasteiger charge is 2.47. The Morgan fingerprint density at radius 1 is 1.26 bits per heavy atom. The minimum Gasteiger partial charge on any atom is -0.504 e. The van der Waals surface area contributed by atoms with Gasteiger partial charge in [0.25, 0.3) is 0 Å². The van der Waals surface area contributed by atoms with Crippen molar-refractivity contribution in [3.8, 4) is 11.5 Å². The number of phenolic OH excluding ortho intramolecular Hbond substituents is 1. The predicted molar refractivity (Wildman–Crippen MR) is 102 cm³/mol. The zero-order valence-electron chi connectivity index (χ0n) is 15.5. The summed E-state index contributed by atoms with van der Waals surface area (Å²) < 4.78 is 10.7. The Labute approximate surface area is 159 Å². The fourth-order valence-corrected chi connectivity index (χ4v) is 4.49. The van der Waals surface area contributed by atoms with Crippen LogP contribution in [0.15, 0.2) is 42.5 Å². The van der Waals surface area contributed by atoms with Crippen molar-refractivity contribution in [2.45, 2.75) is 31.7 Å². The van der Waals surface area contributed by atoms with Crippen LogP contribution >= 0.6 is 0 Å². The van der Waals surface area contributed by atoms with Crippen LogP contribution in [0.3, 0.4) is 0 Å². The van der Waals surface area contributed by atoms with Crippen LogP contribution in [0.1, 0.15) is 35.6 Å². The molecule has 1 fully saturated rings. The molecular weight excluding hydrogens is 342 g/mol. The number of methoxy groups -OCH3 is 1. The van der Waals surface area contributed by atoms with Gasteiger partial charge >= 0.3 is 0 Å². The minimum absolute atomic E-state index is 0.0177. The SMILES string of the molecule is COc1cc(CC(=O)N[C@@H]2c3ccccc3CC23CCOCC3)ccc1O. The number of aromatic hydroxyl groups is 1. The monoisotopic (exact) mass is 367 g/mol. The van der Waals surface area contributed by atoms with Crippen molar-refractivity contribution >= 4 is 5.91 Å². The number of carbonyl (C=O) groups excluding carboxylic acids is 1. The molecule has 5 heteroatoms. The number of benzene rings is 2. The highest BCUT2D eigenvalue weighted by Crippen LogP contribution is 2.51. The Morgan fingerprint density at radius 3 is 2.81 bits per heavy atom. The van der Waals surface area contributed by atoms with Crippen molar-refractivity contribution in [3.05, 3.63) is 59.2 Å². The second kappa shape index (κ2) is 7.24. The molecule has 0 radical (unpaired) electrons. The van der Waals surface area contributed by atoms with Gasteiger partial charge in [0.1, 0.15) is 0 Å². The lowest BCUT2D eigenvalue weighted by atomic mass is 9.74. The third kappa shape index (κ3) is 3.39. The van der Waals surface area contributed by atoms with Gasteiger partial charge in [0, 0.05) is 18.6 Å². The first-order valence-corrected chi connectivity index (χ1v) is 9.42. The molecule has 1 heterocycles. The summed E-state index contributed by atoms with van der Waals surface area (Å²) in [5, 5.41) is 13.0. The Balaban J connectivity index is 1.55. The number of phenols is 1. The summed E-state index contributed by atoms with van der Waals surface area (Å²) in [5.74, 6) is 0.440. The summed E-state index contributed by atoms with van der Waals surface area (Å²) in [6.07, 6.45) is 3.16. The molecule has 0 saturated carbocycles. The first-order valence-electron chi connectivity index (χ1n) is 9.42. The molecule has 1 aliphatic heterocycles. The number of nitrogens with one attached hydrogen (secondary N) is 1. The molecule has 2 N–H and O–H groups in total.